The number of amides is 1. The van der Waals surface area contributed by atoms with Crippen molar-refractivity contribution in [2.75, 3.05) is 25.1 Å². The Kier molecular flexibility index (Phi) is 5.87. The van der Waals surface area contributed by atoms with E-state index in [4.69, 9.17) is 9.72 Å². The largest absolute Gasteiger partial charge is 0.389 e. The van der Waals surface area contributed by atoms with E-state index in [9.17, 15) is 9.90 Å². The van der Waals surface area contributed by atoms with Gasteiger partial charge in [0.05, 0.1) is 36.4 Å². The first-order valence-corrected chi connectivity index (χ1v) is 11.8. The molecule has 1 fully saturated rings. The number of hydrogen-bond donors (Lipinski definition) is 3. The van der Waals surface area contributed by atoms with Crippen molar-refractivity contribution in [3.8, 4) is 11.3 Å². The number of anilines is 1. The molecule has 1 aliphatic heterocycles. The Labute approximate surface area is 199 Å². The molecule has 3 N–H and O–H groups in total. The van der Waals surface area contributed by atoms with E-state index in [0.717, 1.165) is 47.4 Å². The Morgan fingerprint density at radius 3 is 2.82 bits per heavy atom. The van der Waals surface area contributed by atoms with Crippen LogP contribution < -0.4 is 10.6 Å². The van der Waals surface area contributed by atoms with Crippen LogP contribution in [0.5, 0.6) is 0 Å². The van der Waals surface area contributed by atoms with E-state index in [2.05, 4.69) is 21.7 Å². The van der Waals surface area contributed by atoms with Crippen molar-refractivity contribution in [2.45, 2.75) is 51.7 Å². The fraction of sp³-hybridized carbons (Fsp3) is 0.423. The minimum Gasteiger partial charge on any atom is -0.389 e. The first-order valence-electron chi connectivity index (χ1n) is 11.8. The van der Waals surface area contributed by atoms with Gasteiger partial charge in [0.1, 0.15) is 0 Å². The standard InChI is InChI=1S/C26H31N5O3/c1-16-12-18(4-7-20(16)25(32)29-19-5-6-19)22-13-27-24-23(28-15-26(2,3)33)30-21(14-31(22)24)17-8-10-34-11-9-17/h4,7-8,12-14,19,33H,5-6,9-11,15H2,1-3H3,(H,28,30)(H,29,32). The van der Waals surface area contributed by atoms with Gasteiger partial charge in [0.2, 0.25) is 0 Å². The summed E-state index contributed by atoms with van der Waals surface area (Å²) in [7, 11) is 0. The monoisotopic (exact) mass is 461 g/mol. The zero-order valence-electron chi connectivity index (χ0n) is 19.9. The van der Waals surface area contributed by atoms with Crippen molar-refractivity contribution < 1.29 is 14.6 Å². The predicted octanol–water partition coefficient (Wildman–Crippen LogP) is 3.58. The quantitative estimate of drug-likeness (QED) is 0.497. The molecular weight excluding hydrogens is 430 g/mol. The van der Waals surface area contributed by atoms with Crippen molar-refractivity contribution in [2.24, 2.45) is 0 Å². The highest BCUT2D eigenvalue weighted by Gasteiger charge is 2.25. The molecule has 1 saturated carbocycles. The Hall–Kier alpha value is -3.23. The average Bonchev–Trinajstić information content (AvgIpc) is 3.52. The average molecular weight is 462 g/mol. The second-order valence-electron chi connectivity index (χ2n) is 9.81. The summed E-state index contributed by atoms with van der Waals surface area (Å²) in [6.07, 6.45) is 8.81. The van der Waals surface area contributed by atoms with Crippen LogP contribution in [0, 0.1) is 6.92 Å². The molecule has 8 nitrogen and oxygen atoms in total. The molecule has 5 rings (SSSR count). The zero-order chi connectivity index (χ0) is 23.9. The van der Waals surface area contributed by atoms with Gasteiger partial charge < -0.3 is 20.5 Å². The molecule has 2 aromatic heterocycles. The number of ether oxygens (including phenoxy) is 1. The summed E-state index contributed by atoms with van der Waals surface area (Å²) >= 11 is 0. The molecule has 0 radical (unpaired) electrons. The summed E-state index contributed by atoms with van der Waals surface area (Å²) in [5.74, 6) is 0.608. The summed E-state index contributed by atoms with van der Waals surface area (Å²) in [5, 5.41) is 16.6. The Bertz CT molecular complexity index is 1270. The number of carbonyl (C=O) groups excluding carboxylic acids is 1. The van der Waals surface area contributed by atoms with Gasteiger partial charge in [-0.3, -0.25) is 9.20 Å². The third-order valence-electron chi connectivity index (χ3n) is 6.15. The lowest BCUT2D eigenvalue weighted by Crippen LogP contribution is -2.30. The number of aryl methyl sites for hydroxylation is 1. The lowest BCUT2D eigenvalue weighted by Gasteiger charge is -2.20. The van der Waals surface area contributed by atoms with E-state index in [1.807, 2.05) is 41.9 Å². The number of benzene rings is 1. The SMILES string of the molecule is Cc1cc(-c2cnc3c(NCC(C)(C)O)nc(C4=CCOCC4)cn23)ccc1C(=O)NC1CC1. The number of aliphatic hydroxyl groups is 1. The van der Waals surface area contributed by atoms with Crippen LogP contribution in [0.25, 0.3) is 22.5 Å². The van der Waals surface area contributed by atoms with Crippen LogP contribution in [0.15, 0.2) is 36.7 Å². The molecule has 0 saturated heterocycles. The molecule has 2 aliphatic rings. The normalized spacial score (nSPS) is 16.4. The molecule has 178 valence electrons. The maximum Gasteiger partial charge on any atom is 0.251 e. The summed E-state index contributed by atoms with van der Waals surface area (Å²) in [6, 6.07) is 6.21. The van der Waals surface area contributed by atoms with Crippen LogP contribution in [0.2, 0.25) is 0 Å². The number of carbonyl (C=O) groups is 1. The van der Waals surface area contributed by atoms with Crippen LogP contribution in [0.4, 0.5) is 5.82 Å². The van der Waals surface area contributed by atoms with Gasteiger partial charge in [0.25, 0.3) is 5.91 Å². The zero-order valence-corrected chi connectivity index (χ0v) is 19.9. The fourth-order valence-electron chi connectivity index (χ4n) is 4.10. The number of rotatable bonds is 7. The minimum absolute atomic E-state index is 0.0132. The van der Waals surface area contributed by atoms with Crippen LogP contribution in [-0.2, 0) is 4.74 Å². The third kappa shape index (κ3) is 4.83. The number of hydrogen-bond acceptors (Lipinski definition) is 6. The van der Waals surface area contributed by atoms with Gasteiger partial charge in [0, 0.05) is 29.9 Å². The van der Waals surface area contributed by atoms with Crippen molar-refractivity contribution in [1.82, 2.24) is 19.7 Å². The summed E-state index contributed by atoms with van der Waals surface area (Å²) in [4.78, 5) is 22.1. The van der Waals surface area contributed by atoms with Gasteiger partial charge in [-0.15, -0.1) is 0 Å². The summed E-state index contributed by atoms with van der Waals surface area (Å²) in [6.45, 7) is 7.05. The van der Waals surface area contributed by atoms with Gasteiger partial charge in [-0.25, -0.2) is 9.97 Å². The molecule has 8 heteroatoms. The highest BCUT2D eigenvalue weighted by atomic mass is 16.5. The first kappa shape index (κ1) is 22.6. The van der Waals surface area contributed by atoms with Crippen molar-refractivity contribution in [3.63, 3.8) is 0 Å². The highest BCUT2D eigenvalue weighted by molar-refractivity contribution is 5.96. The summed E-state index contributed by atoms with van der Waals surface area (Å²) in [5.41, 5.74) is 5.28. The van der Waals surface area contributed by atoms with Gasteiger partial charge in [0.15, 0.2) is 11.5 Å². The van der Waals surface area contributed by atoms with Gasteiger partial charge in [-0.2, -0.15) is 0 Å². The Balaban J connectivity index is 1.55. The number of nitrogens with zero attached hydrogens (tertiary/aromatic N) is 3. The molecule has 0 unspecified atom stereocenters. The Morgan fingerprint density at radius 1 is 1.32 bits per heavy atom. The number of nitrogens with one attached hydrogen (secondary N) is 2. The smallest absolute Gasteiger partial charge is 0.251 e. The van der Waals surface area contributed by atoms with E-state index >= 15 is 0 Å². The predicted molar refractivity (Wildman–Crippen MR) is 132 cm³/mol. The van der Waals surface area contributed by atoms with Gasteiger partial charge >= 0.3 is 0 Å². The molecule has 3 aromatic rings. The first-order chi connectivity index (χ1) is 16.3. The molecule has 0 spiro atoms. The van der Waals surface area contributed by atoms with Crippen molar-refractivity contribution in [3.05, 3.63) is 53.5 Å². The van der Waals surface area contributed by atoms with Crippen LogP contribution in [0.3, 0.4) is 0 Å². The molecule has 1 aromatic carbocycles. The lowest BCUT2D eigenvalue weighted by atomic mass is 10.0. The number of imidazole rings is 1. The van der Waals surface area contributed by atoms with E-state index in [1.54, 1.807) is 13.8 Å². The topological polar surface area (TPSA) is 101 Å². The Morgan fingerprint density at radius 2 is 2.15 bits per heavy atom. The van der Waals surface area contributed by atoms with E-state index in [1.165, 1.54) is 0 Å². The van der Waals surface area contributed by atoms with Gasteiger partial charge in [-0.05, 0) is 63.3 Å². The maximum atomic E-state index is 12.6. The number of aromatic nitrogens is 3. The van der Waals surface area contributed by atoms with E-state index in [0.29, 0.717) is 42.8 Å². The summed E-state index contributed by atoms with van der Waals surface area (Å²) < 4.78 is 7.51. The highest BCUT2D eigenvalue weighted by Crippen LogP contribution is 2.29. The van der Waals surface area contributed by atoms with Crippen molar-refractivity contribution in [1.29, 1.82) is 0 Å². The van der Waals surface area contributed by atoms with Crippen LogP contribution in [0.1, 0.15) is 54.7 Å². The van der Waals surface area contributed by atoms with Crippen molar-refractivity contribution >= 4 is 22.9 Å². The maximum absolute atomic E-state index is 12.6. The fourth-order valence-corrected chi connectivity index (χ4v) is 4.10. The van der Waals surface area contributed by atoms with Crippen LogP contribution in [-0.4, -0.2) is 56.8 Å². The second-order valence-corrected chi connectivity index (χ2v) is 9.81. The third-order valence-corrected chi connectivity index (χ3v) is 6.15. The lowest BCUT2D eigenvalue weighted by molar-refractivity contribution is 0.0939. The molecule has 1 amide bonds. The molecule has 1 aliphatic carbocycles. The second kappa shape index (κ2) is 8.85. The number of fused-ring (bicyclic) bond motifs is 1. The van der Waals surface area contributed by atoms with E-state index in [-0.39, 0.29) is 5.91 Å². The molecular formula is C26H31N5O3. The van der Waals surface area contributed by atoms with Gasteiger partial charge in [-0.1, -0.05) is 12.1 Å². The van der Waals surface area contributed by atoms with E-state index < -0.39 is 5.60 Å². The molecule has 3 heterocycles. The molecule has 0 bridgehead atoms. The minimum atomic E-state index is -0.893. The molecule has 34 heavy (non-hydrogen) atoms. The molecule has 0 atom stereocenters. The van der Waals surface area contributed by atoms with Crippen LogP contribution >= 0.6 is 0 Å².